The summed E-state index contributed by atoms with van der Waals surface area (Å²) in [6.45, 7) is 0. The molecule has 4 aromatic carbocycles. The number of aromatic amines is 3. The van der Waals surface area contributed by atoms with Gasteiger partial charge in [0.15, 0.2) is 0 Å². The predicted molar refractivity (Wildman–Crippen MR) is 121 cm³/mol. The Morgan fingerprint density at radius 1 is 0.483 bits per heavy atom. The fourth-order valence-corrected chi connectivity index (χ4v) is 4.79. The standard InChI is InChI=1S/C25H15N3O/c29-25-16-10-9-15-13-5-1-4-8-20(13)27-24(15)23(16)18-12-21-17(11-22(18)28-25)14-6-2-3-7-19(14)26-21/h1-12,26-27H,(H,28,29). The van der Waals surface area contributed by atoms with Crippen molar-refractivity contribution in [3.8, 4) is 0 Å². The van der Waals surface area contributed by atoms with Gasteiger partial charge in [-0.15, -0.1) is 0 Å². The molecule has 0 spiro atoms. The first-order valence-corrected chi connectivity index (χ1v) is 9.67. The summed E-state index contributed by atoms with van der Waals surface area (Å²) < 4.78 is 0. The van der Waals surface area contributed by atoms with Crippen LogP contribution in [-0.4, -0.2) is 15.0 Å². The van der Waals surface area contributed by atoms with E-state index in [0.29, 0.717) is 5.39 Å². The highest BCUT2D eigenvalue weighted by atomic mass is 16.1. The lowest BCUT2D eigenvalue weighted by atomic mass is 10.0. The molecule has 0 aliphatic rings. The molecule has 3 heterocycles. The van der Waals surface area contributed by atoms with Gasteiger partial charge in [-0.2, -0.15) is 0 Å². The minimum absolute atomic E-state index is 0.0627. The summed E-state index contributed by atoms with van der Waals surface area (Å²) in [4.78, 5) is 23.1. The third kappa shape index (κ3) is 1.85. The summed E-state index contributed by atoms with van der Waals surface area (Å²) in [6.07, 6.45) is 0. The lowest BCUT2D eigenvalue weighted by Crippen LogP contribution is -2.06. The number of hydrogen-bond acceptors (Lipinski definition) is 1. The molecule has 4 nitrogen and oxygen atoms in total. The average molecular weight is 373 g/mol. The van der Waals surface area contributed by atoms with Crippen LogP contribution < -0.4 is 5.56 Å². The normalized spacial score (nSPS) is 12.3. The molecule has 0 saturated heterocycles. The maximum absolute atomic E-state index is 12.9. The van der Waals surface area contributed by atoms with Crippen LogP contribution in [0.1, 0.15) is 0 Å². The van der Waals surface area contributed by atoms with Gasteiger partial charge in [0.2, 0.25) is 0 Å². The number of H-pyrrole nitrogens is 3. The van der Waals surface area contributed by atoms with Crippen molar-refractivity contribution in [2.24, 2.45) is 0 Å². The van der Waals surface area contributed by atoms with Gasteiger partial charge in [-0.1, -0.05) is 42.5 Å². The number of fused-ring (bicyclic) bond motifs is 10. The van der Waals surface area contributed by atoms with E-state index in [1.807, 2.05) is 36.4 Å². The molecular weight excluding hydrogens is 358 g/mol. The molecule has 0 bridgehead atoms. The van der Waals surface area contributed by atoms with E-state index in [2.05, 4.69) is 51.4 Å². The molecule has 29 heavy (non-hydrogen) atoms. The Balaban J connectivity index is 1.77. The van der Waals surface area contributed by atoms with Crippen molar-refractivity contribution >= 4 is 65.3 Å². The highest BCUT2D eigenvalue weighted by Crippen LogP contribution is 2.36. The topological polar surface area (TPSA) is 64.4 Å². The fraction of sp³-hybridized carbons (Fsp3) is 0. The molecule has 0 radical (unpaired) electrons. The minimum Gasteiger partial charge on any atom is -0.354 e. The van der Waals surface area contributed by atoms with Crippen LogP contribution in [0.3, 0.4) is 0 Å². The van der Waals surface area contributed by atoms with Gasteiger partial charge in [0.05, 0.1) is 5.52 Å². The lowest BCUT2D eigenvalue weighted by Gasteiger charge is -2.06. The van der Waals surface area contributed by atoms with Crippen LogP contribution in [0.2, 0.25) is 0 Å². The first-order valence-electron chi connectivity index (χ1n) is 9.67. The molecule has 3 N–H and O–H groups in total. The van der Waals surface area contributed by atoms with E-state index in [9.17, 15) is 4.79 Å². The Bertz CT molecular complexity index is 1830. The second-order valence-electron chi connectivity index (χ2n) is 7.65. The van der Waals surface area contributed by atoms with Crippen molar-refractivity contribution in [2.45, 2.75) is 0 Å². The van der Waals surface area contributed by atoms with Gasteiger partial charge in [0.25, 0.3) is 5.56 Å². The van der Waals surface area contributed by atoms with E-state index in [4.69, 9.17) is 0 Å². The number of pyridine rings is 1. The van der Waals surface area contributed by atoms with Crippen molar-refractivity contribution in [2.75, 3.05) is 0 Å². The molecule has 0 amide bonds. The summed E-state index contributed by atoms with van der Waals surface area (Å²) in [5.41, 5.74) is 5.05. The van der Waals surface area contributed by atoms with E-state index in [1.54, 1.807) is 0 Å². The second kappa shape index (κ2) is 5.06. The molecule has 7 rings (SSSR count). The predicted octanol–water partition coefficient (Wildman–Crippen LogP) is 5.95. The monoisotopic (exact) mass is 373 g/mol. The van der Waals surface area contributed by atoms with Crippen molar-refractivity contribution < 1.29 is 0 Å². The Morgan fingerprint density at radius 2 is 1.10 bits per heavy atom. The first kappa shape index (κ1) is 14.9. The second-order valence-corrected chi connectivity index (χ2v) is 7.65. The minimum atomic E-state index is -0.0627. The highest BCUT2D eigenvalue weighted by molar-refractivity contribution is 6.25. The Labute approximate surface area is 163 Å². The highest BCUT2D eigenvalue weighted by Gasteiger charge is 2.14. The number of para-hydroxylation sites is 2. The first-order chi connectivity index (χ1) is 14.3. The van der Waals surface area contributed by atoms with E-state index < -0.39 is 0 Å². The number of nitrogens with one attached hydrogen (secondary N) is 3. The van der Waals surface area contributed by atoms with Gasteiger partial charge in [-0.25, -0.2) is 0 Å². The molecule has 3 aromatic heterocycles. The van der Waals surface area contributed by atoms with Crippen LogP contribution in [0, 0.1) is 0 Å². The summed E-state index contributed by atoms with van der Waals surface area (Å²) >= 11 is 0. The van der Waals surface area contributed by atoms with Crippen molar-refractivity contribution in [3.05, 3.63) is 83.2 Å². The molecular formula is C25H15N3O. The van der Waals surface area contributed by atoms with Gasteiger partial charge < -0.3 is 15.0 Å². The maximum Gasteiger partial charge on any atom is 0.256 e. The molecule has 0 aliphatic heterocycles. The molecule has 0 fully saturated rings. The van der Waals surface area contributed by atoms with Crippen LogP contribution in [0.15, 0.2) is 77.6 Å². The Hall–Kier alpha value is -4.05. The SMILES string of the molecule is O=c1[nH]c2cc3c(cc2c2c1ccc1c4ccccc4[nH]c12)[nH]c1ccccc13. The van der Waals surface area contributed by atoms with Crippen LogP contribution >= 0.6 is 0 Å². The third-order valence-corrected chi connectivity index (χ3v) is 6.09. The average Bonchev–Trinajstić information content (AvgIpc) is 3.30. The Morgan fingerprint density at radius 3 is 1.93 bits per heavy atom. The van der Waals surface area contributed by atoms with Gasteiger partial charge in [-0.05, 0) is 30.3 Å². The Kier molecular flexibility index (Phi) is 2.60. The smallest absolute Gasteiger partial charge is 0.256 e. The van der Waals surface area contributed by atoms with Crippen LogP contribution in [-0.2, 0) is 0 Å². The van der Waals surface area contributed by atoms with E-state index in [1.165, 1.54) is 5.39 Å². The zero-order valence-corrected chi connectivity index (χ0v) is 15.3. The van der Waals surface area contributed by atoms with Gasteiger partial charge >= 0.3 is 0 Å². The van der Waals surface area contributed by atoms with Crippen LogP contribution in [0.4, 0.5) is 0 Å². The van der Waals surface area contributed by atoms with Gasteiger partial charge in [-0.3, -0.25) is 4.79 Å². The number of aromatic nitrogens is 3. The van der Waals surface area contributed by atoms with E-state index in [-0.39, 0.29) is 5.56 Å². The maximum atomic E-state index is 12.9. The molecule has 4 heteroatoms. The van der Waals surface area contributed by atoms with Crippen molar-refractivity contribution in [3.63, 3.8) is 0 Å². The van der Waals surface area contributed by atoms with E-state index in [0.717, 1.165) is 54.5 Å². The number of rotatable bonds is 0. The van der Waals surface area contributed by atoms with E-state index >= 15 is 0 Å². The molecule has 136 valence electrons. The molecule has 0 aliphatic carbocycles. The fourth-order valence-electron chi connectivity index (χ4n) is 4.79. The summed E-state index contributed by atoms with van der Waals surface area (Å²) in [6, 6.07) is 24.7. The molecule has 0 atom stereocenters. The van der Waals surface area contributed by atoms with Crippen LogP contribution in [0.5, 0.6) is 0 Å². The lowest BCUT2D eigenvalue weighted by molar-refractivity contribution is 1.35. The number of hydrogen-bond donors (Lipinski definition) is 3. The third-order valence-electron chi connectivity index (χ3n) is 6.09. The van der Waals surface area contributed by atoms with Crippen molar-refractivity contribution in [1.82, 2.24) is 15.0 Å². The van der Waals surface area contributed by atoms with Crippen molar-refractivity contribution in [1.29, 1.82) is 0 Å². The summed E-state index contributed by atoms with van der Waals surface area (Å²) in [7, 11) is 0. The zero-order chi connectivity index (χ0) is 19.1. The van der Waals surface area contributed by atoms with Gasteiger partial charge in [0, 0.05) is 59.8 Å². The summed E-state index contributed by atoms with van der Waals surface area (Å²) in [5.74, 6) is 0. The van der Waals surface area contributed by atoms with Gasteiger partial charge in [0.1, 0.15) is 0 Å². The number of benzene rings is 4. The zero-order valence-electron chi connectivity index (χ0n) is 15.3. The molecule has 0 unspecified atom stereocenters. The molecule has 7 aromatic rings. The summed E-state index contributed by atoms with van der Waals surface area (Å²) in [5, 5.41) is 7.29. The quantitative estimate of drug-likeness (QED) is 0.283. The van der Waals surface area contributed by atoms with Crippen LogP contribution in [0.25, 0.3) is 65.3 Å². The largest absolute Gasteiger partial charge is 0.354 e. The molecule has 0 saturated carbocycles.